The Bertz CT molecular complexity index is 569. The maximum atomic E-state index is 11.7. The number of aromatic nitrogens is 1. The first-order chi connectivity index (χ1) is 7.59. The number of rotatable bonds is 3. The van der Waals surface area contributed by atoms with Crippen molar-refractivity contribution in [2.45, 2.75) is 13.3 Å². The zero-order valence-corrected chi connectivity index (χ0v) is 8.78. The van der Waals surface area contributed by atoms with Gasteiger partial charge in [0.05, 0.1) is 0 Å². The van der Waals surface area contributed by atoms with Crippen molar-refractivity contribution >= 4 is 22.7 Å². The molecule has 16 heavy (non-hydrogen) atoms. The summed E-state index contributed by atoms with van der Waals surface area (Å²) in [6.45, 7) is 1.90. The molecule has 1 aromatic carbocycles. The summed E-state index contributed by atoms with van der Waals surface area (Å²) in [5, 5.41) is 9.41. The van der Waals surface area contributed by atoms with Gasteiger partial charge in [-0.1, -0.05) is 12.1 Å². The van der Waals surface area contributed by atoms with Crippen LogP contribution in [-0.4, -0.2) is 21.8 Å². The fourth-order valence-electron chi connectivity index (χ4n) is 1.82. The molecule has 0 amide bonds. The van der Waals surface area contributed by atoms with E-state index in [1.807, 2.05) is 25.1 Å². The van der Waals surface area contributed by atoms with Crippen LogP contribution < -0.4 is 0 Å². The molecule has 1 heterocycles. The summed E-state index contributed by atoms with van der Waals surface area (Å²) in [6, 6.07) is 5.65. The summed E-state index contributed by atoms with van der Waals surface area (Å²) >= 11 is 0. The summed E-state index contributed by atoms with van der Waals surface area (Å²) in [7, 11) is 0. The van der Waals surface area contributed by atoms with Crippen molar-refractivity contribution in [2.24, 2.45) is 0 Å². The third-order valence-electron chi connectivity index (χ3n) is 2.53. The van der Waals surface area contributed by atoms with Gasteiger partial charge in [-0.2, -0.15) is 0 Å². The Hall–Kier alpha value is -2.10. The number of H-pyrrole nitrogens is 1. The molecule has 2 rings (SSSR count). The van der Waals surface area contributed by atoms with Crippen LogP contribution in [0.5, 0.6) is 0 Å². The first-order valence-electron chi connectivity index (χ1n) is 4.91. The predicted octanol–water partition coefficient (Wildman–Crippen LogP) is 2.13. The van der Waals surface area contributed by atoms with Gasteiger partial charge in [0.15, 0.2) is 5.78 Å². The van der Waals surface area contributed by atoms with Crippen LogP contribution in [-0.2, 0) is 4.79 Å². The number of aryl methyl sites for hydroxylation is 1. The van der Waals surface area contributed by atoms with E-state index in [1.54, 1.807) is 6.20 Å². The van der Waals surface area contributed by atoms with Gasteiger partial charge in [-0.3, -0.25) is 9.59 Å². The third-order valence-corrected chi connectivity index (χ3v) is 2.53. The van der Waals surface area contributed by atoms with Crippen molar-refractivity contribution in [3.8, 4) is 0 Å². The number of hydrogen-bond acceptors (Lipinski definition) is 2. The van der Waals surface area contributed by atoms with E-state index in [4.69, 9.17) is 5.11 Å². The van der Waals surface area contributed by atoms with Crippen LogP contribution in [0.15, 0.2) is 24.4 Å². The van der Waals surface area contributed by atoms with E-state index < -0.39 is 12.4 Å². The van der Waals surface area contributed by atoms with E-state index in [9.17, 15) is 9.59 Å². The number of benzene rings is 1. The van der Waals surface area contributed by atoms with Crippen LogP contribution in [0.2, 0.25) is 0 Å². The van der Waals surface area contributed by atoms with Gasteiger partial charge in [0.2, 0.25) is 0 Å². The second-order valence-corrected chi connectivity index (χ2v) is 3.69. The molecular weight excluding hydrogens is 206 g/mol. The molecular formula is C12H11NO3. The van der Waals surface area contributed by atoms with Crippen molar-refractivity contribution in [3.63, 3.8) is 0 Å². The SMILES string of the molecule is Cc1cccc2[nH]cc(C(=O)CC(=O)O)c12. The highest BCUT2D eigenvalue weighted by atomic mass is 16.4. The number of Topliss-reactive ketones (excluding diaryl/α,β-unsaturated/α-hetero) is 1. The zero-order chi connectivity index (χ0) is 11.7. The molecule has 1 aromatic heterocycles. The van der Waals surface area contributed by atoms with Crippen molar-refractivity contribution in [3.05, 3.63) is 35.5 Å². The summed E-state index contributed by atoms with van der Waals surface area (Å²) in [4.78, 5) is 25.1. The maximum Gasteiger partial charge on any atom is 0.311 e. The summed E-state index contributed by atoms with van der Waals surface area (Å²) in [5.74, 6) is -1.47. The predicted molar refractivity (Wildman–Crippen MR) is 59.6 cm³/mol. The number of ketones is 1. The lowest BCUT2D eigenvalue weighted by atomic mass is 10.0. The molecule has 2 aromatic rings. The highest BCUT2D eigenvalue weighted by molar-refractivity contribution is 6.13. The Labute approximate surface area is 91.9 Å². The molecule has 0 aliphatic heterocycles. The molecule has 0 fully saturated rings. The van der Waals surface area contributed by atoms with Gasteiger partial charge >= 0.3 is 5.97 Å². The van der Waals surface area contributed by atoms with Crippen molar-refractivity contribution in [1.82, 2.24) is 4.98 Å². The molecule has 0 spiro atoms. The average Bonchev–Trinajstić information content (AvgIpc) is 2.61. The van der Waals surface area contributed by atoms with Crippen molar-refractivity contribution in [2.75, 3.05) is 0 Å². The van der Waals surface area contributed by atoms with Gasteiger partial charge in [0.1, 0.15) is 6.42 Å². The lowest BCUT2D eigenvalue weighted by Crippen LogP contribution is -2.06. The second-order valence-electron chi connectivity index (χ2n) is 3.69. The number of carboxylic acids is 1. The fraction of sp³-hybridized carbons (Fsp3) is 0.167. The fourth-order valence-corrected chi connectivity index (χ4v) is 1.82. The Morgan fingerprint density at radius 1 is 1.38 bits per heavy atom. The lowest BCUT2D eigenvalue weighted by molar-refractivity contribution is -0.135. The Balaban J connectivity index is 2.53. The minimum atomic E-state index is -1.10. The van der Waals surface area contributed by atoms with Gasteiger partial charge in [-0.25, -0.2) is 0 Å². The second kappa shape index (κ2) is 3.81. The number of carbonyl (C=O) groups excluding carboxylic acids is 1. The molecule has 0 atom stereocenters. The van der Waals surface area contributed by atoms with Crippen LogP contribution in [0.4, 0.5) is 0 Å². The van der Waals surface area contributed by atoms with Crippen LogP contribution >= 0.6 is 0 Å². The first kappa shape index (κ1) is 10.4. The number of nitrogens with one attached hydrogen (secondary N) is 1. The Morgan fingerprint density at radius 2 is 2.12 bits per heavy atom. The number of aliphatic carboxylic acids is 1. The zero-order valence-electron chi connectivity index (χ0n) is 8.78. The van der Waals surface area contributed by atoms with E-state index in [-0.39, 0.29) is 5.78 Å². The first-order valence-corrected chi connectivity index (χ1v) is 4.91. The molecule has 0 saturated carbocycles. The van der Waals surface area contributed by atoms with Gasteiger partial charge < -0.3 is 10.1 Å². The van der Waals surface area contributed by atoms with E-state index >= 15 is 0 Å². The number of carboxylic acid groups (broad SMARTS) is 1. The minimum Gasteiger partial charge on any atom is -0.481 e. The Morgan fingerprint density at radius 3 is 2.81 bits per heavy atom. The van der Waals surface area contributed by atoms with Crippen molar-refractivity contribution in [1.29, 1.82) is 0 Å². The van der Waals surface area contributed by atoms with Crippen molar-refractivity contribution < 1.29 is 14.7 Å². The summed E-state index contributed by atoms with van der Waals surface area (Å²) in [6.07, 6.45) is 1.10. The summed E-state index contributed by atoms with van der Waals surface area (Å²) < 4.78 is 0. The van der Waals surface area contributed by atoms with Crippen LogP contribution in [0, 0.1) is 6.92 Å². The topological polar surface area (TPSA) is 70.2 Å². The molecule has 0 radical (unpaired) electrons. The molecule has 0 aliphatic carbocycles. The monoisotopic (exact) mass is 217 g/mol. The summed E-state index contributed by atoms with van der Waals surface area (Å²) in [5.41, 5.74) is 2.27. The van der Waals surface area contributed by atoms with Gasteiger partial charge in [-0.05, 0) is 18.6 Å². The number of aromatic amines is 1. The average molecular weight is 217 g/mol. The highest BCUT2D eigenvalue weighted by Gasteiger charge is 2.15. The normalized spacial score (nSPS) is 10.6. The Kier molecular flexibility index (Phi) is 2.48. The maximum absolute atomic E-state index is 11.7. The molecule has 0 bridgehead atoms. The lowest BCUT2D eigenvalue weighted by Gasteiger charge is -1.99. The molecule has 82 valence electrons. The van der Waals surface area contributed by atoms with Crippen LogP contribution in [0.3, 0.4) is 0 Å². The molecule has 0 aliphatic rings. The van der Waals surface area contributed by atoms with Crippen LogP contribution in [0.1, 0.15) is 22.3 Å². The number of hydrogen-bond donors (Lipinski definition) is 2. The van der Waals surface area contributed by atoms with Gasteiger partial charge in [-0.15, -0.1) is 0 Å². The minimum absolute atomic E-state index is 0.368. The van der Waals surface area contributed by atoms with E-state index in [0.717, 1.165) is 16.5 Å². The smallest absolute Gasteiger partial charge is 0.311 e. The molecule has 4 nitrogen and oxygen atoms in total. The molecule has 2 N–H and O–H groups in total. The number of fused-ring (bicyclic) bond motifs is 1. The van der Waals surface area contributed by atoms with Gasteiger partial charge in [0, 0.05) is 22.7 Å². The van der Waals surface area contributed by atoms with Crippen LogP contribution in [0.25, 0.3) is 10.9 Å². The quantitative estimate of drug-likeness (QED) is 0.611. The van der Waals surface area contributed by atoms with E-state index in [0.29, 0.717) is 5.56 Å². The standard InChI is InChI=1S/C12H11NO3/c1-7-3-2-4-9-12(7)8(6-13-9)10(14)5-11(15)16/h2-4,6,13H,5H2,1H3,(H,15,16). The van der Waals surface area contributed by atoms with E-state index in [2.05, 4.69) is 4.98 Å². The highest BCUT2D eigenvalue weighted by Crippen LogP contribution is 2.23. The molecule has 0 unspecified atom stereocenters. The number of carbonyl (C=O) groups is 2. The third kappa shape index (κ3) is 1.69. The largest absolute Gasteiger partial charge is 0.481 e. The van der Waals surface area contributed by atoms with Gasteiger partial charge in [0.25, 0.3) is 0 Å². The molecule has 0 saturated heterocycles. The van der Waals surface area contributed by atoms with E-state index in [1.165, 1.54) is 0 Å². The molecule has 4 heteroatoms.